The fraction of sp³-hybridized carbons (Fsp3) is 0.812. The van der Waals surface area contributed by atoms with E-state index in [2.05, 4.69) is 33.9 Å². The van der Waals surface area contributed by atoms with E-state index in [1.165, 1.54) is 0 Å². The van der Waals surface area contributed by atoms with E-state index in [1.807, 2.05) is 19.9 Å². The highest BCUT2D eigenvalue weighted by Gasteiger charge is 2.49. The summed E-state index contributed by atoms with van der Waals surface area (Å²) in [5.74, 6) is -0.635. The molecule has 0 N–H and O–H groups in total. The minimum absolute atomic E-state index is 0.00542. The molecule has 0 aromatic heterocycles. The average molecular weight is 312 g/mol. The van der Waals surface area contributed by atoms with Gasteiger partial charge in [0.2, 0.25) is 0 Å². The lowest BCUT2D eigenvalue weighted by molar-refractivity contribution is -0.154. The Bertz CT molecular complexity index is 448. The van der Waals surface area contributed by atoms with Gasteiger partial charge in [-0.1, -0.05) is 26.8 Å². The van der Waals surface area contributed by atoms with Crippen molar-refractivity contribution >= 4 is 14.1 Å². The summed E-state index contributed by atoms with van der Waals surface area (Å²) in [5.41, 5.74) is 0. The summed E-state index contributed by atoms with van der Waals surface area (Å²) in [4.78, 5) is 11.9. The van der Waals surface area contributed by atoms with Gasteiger partial charge in [-0.3, -0.25) is 4.79 Å². The van der Waals surface area contributed by atoms with Crippen molar-refractivity contribution in [3.63, 3.8) is 0 Å². The van der Waals surface area contributed by atoms with Crippen molar-refractivity contribution in [1.82, 2.24) is 0 Å². The summed E-state index contributed by atoms with van der Waals surface area (Å²) in [6.45, 7) is 15.4. The van der Waals surface area contributed by atoms with Gasteiger partial charge in [0.15, 0.2) is 19.9 Å². The topological polar surface area (TPSA) is 44.8 Å². The van der Waals surface area contributed by atoms with Crippen LogP contribution in [-0.4, -0.2) is 38.7 Å². The fourth-order valence-corrected chi connectivity index (χ4v) is 3.46. The molecule has 0 unspecified atom stereocenters. The standard InChI is InChI=1S/C16H28O4Si/c1-15(2,3)21(6,7)18-10-11-8-9-12(17)14-13(11)19-16(4,5)20-14/h8-9,11,13-14H,10H2,1-7H3/t11-,13-,14-/m1/s1. The summed E-state index contributed by atoms with van der Waals surface area (Å²) in [5, 5.41) is 0.174. The molecule has 0 aromatic rings. The van der Waals surface area contributed by atoms with Gasteiger partial charge in [0.1, 0.15) is 12.2 Å². The van der Waals surface area contributed by atoms with E-state index >= 15 is 0 Å². The number of ketones is 1. The Balaban J connectivity index is 2.07. The third-order valence-electron chi connectivity index (χ3n) is 4.78. The molecule has 0 spiro atoms. The van der Waals surface area contributed by atoms with Crippen LogP contribution in [0.1, 0.15) is 34.6 Å². The zero-order valence-electron chi connectivity index (χ0n) is 14.2. The molecule has 1 aliphatic heterocycles. The Morgan fingerprint density at radius 2 is 1.90 bits per heavy atom. The first-order valence-corrected chi connectivity index (χ1v) is 10.6. The van der Waals surface area contributed by atoms with Gasteiger partial charge in [0.25, 0.3) is 0 Å². The highest BCUT2D eigenvalue weighted by molar-refractivity contribution is 6.74. The molecule has 1 aliphatic carbocycles. The van der Waals surface area contributed by atoms with E-state index in [0.717, 1.165) is 0 Å². The summed E-state index contributed by atoms with van der Waals surface area (Å²) < 4.78 is 17.9. The van der Waals surface area contributed by atoms with Gasteiger partial charge in [-0.25, -0.2) is 0 Å². The van der Waals surface area contributed by atoms with Crippen molar-refractivity contribution in [1.29, 1.82) is 0 Å². The van der Waals surface area contributed by atoms with Crippen LogP contribution >= 0.6 is 0 Å². The van der Waals surface area contributed by atoms with Crippen molar-refractivity contribution < 1.29 is 18.7 Å². The molecule has 5 heteroatoms. The number of carbonyl (C=O) groups excluding carboxylic acids is 1. The van der Waals surface area contributed by atoms with E-state index in [-0.39, 0.29) is 22.8 Å². The van der Waals surface area contributed by atoms with E-state index in [4.69, 9.17) is 13.9 Å². The summed E-state index contributed by atoms with van der Waals surface area (Å²) in [6.07, 6.45) is 2.81. The second kappa shape index (κ2) is 5.30. The van der Waals surface area contributed by atoms with Gasteiger partial charge < -0.3 is 13.9 Å². The average Bonchev–Trinajstić information content (AvgIpc) is 2.63. The van der Waals surface area contributed by atoms with Gasteiger partial charge in [0.05, 0.1) is 0 Å². The molecule has 1 fully saturated rings. The molecular formula is C16H28O4Si. The maximum absolute atomic E-state index is 11.9. The van der Waals surface area contributed by atoms with Gasteiger partial charge in [0, 0.05) is 12.5 Å². The first kappa shape index (κ1) is 16.9. The van der Waals surface area contributed by atoms with Gasteiger partial charge in [-0.2, -0.15) is 0 Å². The Labute approximate surface area is 129 Å². The Morgan fingerprint density at radius 3 is 2.48 bits per heavy atom. The molecular weight excluding hydrogens is 284 g/mol. The van der Waals surface area contributed by atoms with Crippen LogP contribution < -0.4 is 0 Å². The zero-order valence-corrected chi connectivity index (χ0v) is 15.2. The lowest BCUT2D eigenvalue weighted by Crippen LogP contribution is -2.45. The van der Waals surface area contributed by atoms with Crippen molar-refractivity contribution in [2.75, 3.05) is 6.61 Å². The number of hydrogen-bond donors (Lipinski definition) is 0. The molecule has 2 aliphatic rings. The van der Waals surface area contributed by atoms with Crippen LogP contribution in [0.15, 0.2) is 12.2 Å². The molecule has 2 rings (SSSR count). The lowest BCUT2D eigenvalue weighted by atomic mass is 9.90. The largest absolute Gasteiger partial charge is 0.416 e. The van der Waals surface area contributed by atoms with Crippen LogP contribution in [0.3, 0.4) is 0 Å². The smallest absolute Gasteiger partial charge is 0.192 e. The third-order valence-corrected chi connectivity index (χ3v) is 9.28. The summed E-state index contributed by atoms with van der Waals surface area (Å²) >= 11 is 0. The SMILES string of the molecule is CC1(C)O[C@@H]2[C@@H](CO[Si](C)(C)C(C)(C)C)C=CC(=O)[C@H]2O1. The quantitative estimate of drug-likeness (QED) is 0.750. The second-order valence-electron chi connectivity index (χ2n) is 8.02. The lowest BCUT2D eigenvalue weighted by Gasteiger charge is -2.38. The molecule has 0 amide bonds. The maximum atomic E-state index is 11.9. The summed E-state index contributed by atoms with van der Waals surface area (Å²) in [7, 11) is -1.80. The second-order valence-corrected chi connectivity index (χ2v) is 12.8. The van der Waals surface area contributed by atoms with Crippen LogP contribution in [0.5, 0.6) is 0 Å². The minimum atomic E-state index is -1.80. The van der Waals surface area contributed by atoms with Crippen molar-refractivity contribution in [3.05, 3.63) is 12.2 Å². The van der Waals surface area contributed by atoms with E-state index in [9.17, 15) is 4.79 Å². The van der Waals surface area contributed by atoms with Crippen molar-refractivity contribution in [2.45, 2.75) is 70.7 Å². The predicted octanol–water partition coefficient (Wildman–Crippen LogP) is 3.28. The molecule has 1 saturated heterocycles. The van der Waals surface area contributed by atoms with Crippen molar-refractivity contribution in [3.8, 4) is 0 Å². The first-order chi connectivity index (χ1) is 9.43. The number of fused-ring (bicyclic) bond motifs is 1. The highest BCUT2D eigenvalue weighted by atomic mass is 28.4. The third kappa shape index (κ3) is 3.47. The molecule has 120 valence electrons. The number of rotatable bonds is 3. The Kier molecular flexibility index (Phi) is 4.26. The van der Waals surface area contributed by atoms with Crippen LogP contribution in [0.4, 0.5) is 0 Å². The molecule has 0 saturated carbocycles. The van der Waals surface area contributed by atoms with E-state index in [1.54, 1.807) is 6.08 Å². The Hall–Kier alpha value is -0.493. The zero-order chi connectivity index (χ0) is 16.1. The van der Waals surface area contributed by atoms with Crippen molar-refractivity contribution in [2.24, 2.45) is 5.92 Å². The molecule has 0 aromatic carbocycles. The first-order valence-electron chi connectivity index (χ1n) is 7.65. The number of ether oxygens (including phenoxy) is 2. The van der Waals surface area contributed by atoms with Gasteiger partial charge in [-0.05, 0) is 38.1 Å². The predicted molar refractivity (Wildman–Crippen MR) is 84.6 cm³/mol. The minimum Gasteiger partial charge on any atom is -0.416 e. The van der Waals surface area contributed by atoms with Gasteiger partial charge in [-0.15, -0.1) is 0 Å². The molecule has 3 atom stereocenters. The molecule has 4 nitrogen and oxygen atoms in total. The fourth-order valence-electron chi connectivity index (χ4n) is 2.42. The number of hydrogen-bond acceptors (Lipinski definition) is 4. The van der Waals surface area contributed by atoms with Crippen LogP contribution in [0.25, 0.3) is 0 Å². The van der Waals surface area contributed by atoms with Crippen LogP contribution in [0, 0.1) is 5.92 Å². The van der Waals surface area contributed by atoms with Crippen LogP contribution in [0.2, 0.25) is 18.1 Å². The van der Waals surface area contributed by atoms with Crippen LogP contribution in [-0.2, 0) is 18.7 Å². The van der Waals surface area contributed by atoms with E-state index in [0.29, 0.717) is 6.61 Å². The van der Waals surface area contributed by atoms with E-state index < -0.39 is 20.2 Å². The monoisotopic (exact) mass is 312 g/mol. The molecule has 1 heterocycles. The molecule has 21 heavy (non-hydrogen) atoms. The molecule has 0 bridgehead atoms. The summed E-state index contributed by atoms with van der Waals surface area (Å²) in [6, 6.07) is 0. The Morgan fingerprint density at radius 1 is 1.29 bits per heavy atom. The molecule has 0 radical (unpaired) electrons. The van der Waals surface area contributed by atoms with Gasteiger partial charge >= 0.3 is 0 Å². The number of carbonyl (C=O) groups is 1. The highest BCUT2D eigenvalue weighted by Crippen LogP contribution is 2.39. The maximum Gasteiger partial charge on any atom is 0.192 e. The normalized spacial score (nSPS) is 32.3.